The molecule has 0 bridgehead atoms. The molecule has 17 heavy (non-hydrogen) atoms. The quantitative estimate of drug-likeness (QED) is 0.867. The van der Waals surface area contributed by atoms with Gasteiger partial charge in [0.1, 0.15) is 17.5 Å². The van der Waals surface area contributed by atoms with E-state index in [0.29, 0.717) is 22.9 Å². The van der Waals surface area contributed by atoms with Gasteiger partial charge in [0.15, 0.2) is 0 Å². The predicted octanol–water partition coefficient (Wildman–Crippen LogP) is 2.08. The molecule has 2 rings (SSSR count). The Bertz CT molecular complexity index is 549. The van der Waals surface area contributed by atoms with E-state index in [0.717, 1.165) is 0 Å². The van der Waals surface area contributed by atoms with Crippen LogP contribution in [-0.4, -0.2) is 19.9 Å². The predicted molar refractivity (Wildman–Crippen MR) is 61.4 cm³/mol. The van der Waals surface area contributed by atoms with Gasteiger partial charge in [-0.3, -0.25) is 0 Å². The van der Waals surface area contributed by atoms with E-state index in [2.05, 4.69) is 10.1 Å². The molecule has 0 fully saturated rings. The zero-order valence-corrected chi connectivity index (χ0v) is 9.98. The highest BCUT2D eigenvalue weighted by molar-refractivity contribution is 5.42. The maximum atomic E-state index is 13.2. The van der Waals surface area contributed by atoms with Crippen LogP contribution in [0, 0.1) is 19.7 Å². The third kappa shape index (κ3) is 2.19. The van der Waals surface area contributed by atoms with Gasteiger partial charge in [-0.2, -0.15) is 5.10 Å². The molecule has 0 aliphatic heterocycles. The summed E-state index contributed by atoms with van der Waals surface area (Å²) in [5, 5.41) is 13.9. The number of aliphatic hydroxyl groups excluding tert-OH is 1. The average molecular weight is 235 g/mol. The first kappa shape index (κ1) is 11.7. The number of rotatable bonds is 2. The molecule has 0 saturated carbocycles. The first-order valence-corrected chi connectivity index (χ1v) is 5.37. The van der Waals surface area contributed by atoms with Gasteiger partial charge in [-0.05, 0) is 39.0 Å². The lowest BCUT2D eigenvalue weighted by atomic mass is 10.1. The van der Waals surface area contributed by atoms with E-state index in [-0.39, 0.29) is 5.82 Å². The Hall–Kier alpha value is -1.75. The molecule has 0 aliphatic carbocycles. The van der Waals surface area contributed by atoms with Gasteiger partial charge in [0.25, 0.3) is 0 Å². The number of aryl methyl sites for hydroxylation is 2. The van der Waals surface area contributed by atoms with E-state index in [1.54, 1.807) is 24.6 Å². The second-order valence-electron chi connectivity index (χ2n) is 4.00. The fraction of sp³-hybridized carbons (Fsp3) is 0.333. The molecule has 0 saturated heterocycles. The van der Waals surface area contributed by atoms with Crippen LogP contribution in [0.1, 0.15) is 30.2 Å². The van der Waals surface area contributed by atoms with Crippen LogP contribution in [0.2, 0.25) is 0 Å². The number of nitrogens with zero attached hydrogens (tertiary/aromatic N) is 3. The number of hydrogen-bond donors (Lipinski definition) is 1. The minimum absolute atomic E-state index is 0.376. The van der Waals surface area contributed by atoms with Crippen LogP contribution < -0.4 is 0 Å². The molecule has 0 radical (unpaired) electrons. The highest BCUT2D eigenvalue weighted by Crippen LogP contribution is 2.23. The largest absolute Gasteiger partial charge is 0.389 e. The molecule has 5 heteroatoms. The second kappa shape index (κ2) is 4.25. The lowest BCUT2D eigenvalue weighted by molar-refractivity contribution is 0.198. The van der Waals surface area contributed by atoms with Crippen molar-refractivity contribution in [2.45, 2.75) is 26.9 Å². The Morgan fingerprint density at radius 3 is 2.59 bits per heavy atom. The van der Waals surface area contributed by atoms with E-state index in [1.165, 1.54) is 12.1 Å². The van der Waals surface area contributed by atoms with Crippen LogP contribution >= 0.6 is 0 Å². The summed E-state index contributed by atoms with van der Waals surface area (Å²) >= 11 is 0. The summed E-state index contributed by atoms with van der Waals surface area (Å²) in [6.45, 7) is 5.20. The van der Waals surface area contributed by atoms with Crippen LogP contribution in [-0.2, 0) is 0 Å². The topological polar surface area (TPSA) is 50.9 Å². The van der Waals surface area contributed by atoms with E-state index < -0.39 is 6.10 Å². The van der Waals surface area contributed by atoms with Gasteiger partial charge in [-0.25, -0.2) is 14.1 Å². The normalized spacial score (nSPS) is 12.8. The zero-order chi connectivity index (χ0) is 12.6. The van der Waals surface area contributed by atoms with Crippen molar-refractivity contribution >= 4 is 0 Å². The smallest absolute Gasteiger partial charge is 0.148 e. The van der Waals surface area contributed by atoms with Crippen molar-refractivity contribution in [1.82, 2.24) is 14.8 Å². The highest BCUT2D eigenvalue weighted by atomic mass is 19.1. The first-order chi connectivity index (χ1) is 7.99. The molecule has 0 amide bonds. The summed E-state index contributed by atoms with van der Waals surface area (Å²) in [4.78, 5) is 4.19. The Balaban J connectivity index is 2.62. The molecule has 0 spiro atoms. The maximum absolute atomic E-state index is 13.2. The van der Waals surface area contributed by atoms with Gasteiger partial charge in [-0.1, -0.05) is 0 Å². The molecule has 90 valence electrons. The van der Waals surface area contributed by atoms with Crippen molar-refractivity contribution in [3.05, 3.63) is 41.2 Å². The van der Waals surface area contributed by atoms with Gasteiger partial charge in [0.05, 0.1) is 11.8 Å². The fourth-order valence-corrected chi connectivity index (χ4v) is 1.80. The number of benzene rings is 1. The standard InChI is InChI=1S/C12H14FN3O/c1-7(17)11-6-10(13)4-5-12(11)16-9(3)14-8(2)15-16/h4-7,17H,1-3H3. The zero-order valence-electron chi connectivity index (χ0n) is 9.98. The van der Waals surface area contributed by atoms with E-state index in [1.807, 2.05) is 6.92 Å². The van der Waals surface area contributed by atoms with Crippen LogP contribution in [0.25, 0.3) is 5.69 Å². The van der Waals surface area contributed by atoms with E-state index in [9.17, 15) is 9.50 Å². The monoisotopic (exact) mass is 235 g/mol. The summed E-state index contributed by atoms with van der Waals surface area (Å²) in [5.74, 6) is 0.971. The van der Waals surface area contributed by atoms with Crippen LogP contribution in [0.5, 0.6) is 0 Å². The van der Waals surface area contributed by atoms with Gasteiger partial charge < -0.3 is 5.11 Å². The second-order valence-corrected chi connectivity index (χ2v) is 4.00. The van der Waals surface area contributed by atoms with E-state index >= 15 is 0 Å². The number of halogens is 1. The van der Waals surface area contributed by atoms with Gasteiger partial charge >= 0.3 is 0 Å². The molecule has 1 N–H and O–H groups in total. The molecule has 1 atom stereocenters. The molecule has 1 aromatic carbocycles. The summed E-state index contributed by atoms with van der Waals surface area (Å²) in [6.07, 6.45) is -0.760. The SMILES string of the molecule is Cc1nc(C)n(-c2ccc(F)cc2C(C)O)n1. The number of aliphatic hydroxyl groups is 1. The Morgan fingerprint density at radius 1 is 1.35 bits per heavy atom. The van der Waals surface area contributed by atoms with Crippen molar-refractivity contribution in [3.8, 4) is 5.69 Å². The Kier molecular flexibility index (Phi) is 2.93. The summed E-state index contributed by atoms with van der Waals surface area (Å²) in [5.41, 5.74) is 1.15. The number of hydrogen-bond acceptors (Lipinski definition) is 3. The maximum Gasteiger partial charge on any atom is 0.148 e. The minimum Gasteiger partial charge on any atom is -0.389 e. The van der Waals surface area contributed by atoms with Gasteiger partial charge in [0.2, 0.25) is 0 Å². The molecule has 1 heterocycles. The van der Waals surface area contributed by atoms with Gasteiger partial charge in [-0.15, -0.1) is 0 Å². The molecule has 2 aromatic rings. The lowest BCUT2D eigenvalue weighted by Crippen LogP contribution is -2.06. The van der Waals surface area contributed by atoms with Crippen molar-refractivity contribution in [1.29, 1.82) is 0 Å². The van der Waals surface area contributed by atoms with Crippen molar-refractivity contribution < 1.29 is 9.50 Å². The lowest BCUT2D eigenvalue weighted by Gasteiger charge is -2.12. The minimum atomic E-state index is -0.760. The third-order valence-corrected chi connectivity index (χ3v) is 2.54. The van der Waals surface area contributed by atoms with E-state index in [4.69, 9.17) is 0 Å². The van der Waals surface area contributed by atoms with Crippen molar-refractivity contribution in [3.63, 3.8) is 0 Å². The number of aromatic nitrogens is 3. The van der Waals surface area contributed by atoms with Crippen LogP contribution in [0.4, 0.5) is 4.39 Å². The molecule has 4 nitrogen and oxygen atoms in total. The van der Waals surface area contributed by atoms with Crippen molar-refractivity contribution in [2.75, 3.05) is 0 Å². The average Bonchev–Trinajstić information content (AvgIpc) is 2.57. The molecule has 1 aromatic heterocycles. The first-order valence-electron chi connectivity index (χ1n) is 5.37. The van der Waals surface area contributed by atoms with Crippen LogP contribution in [0.3, 0.4) is 0 Å². The van der Waals surface area contributed by atoms with Crippen molar-refractivity contribution in [2.24, 2.45) is 0 Å². The Labute approximate surface area is 98.7 Å². The molecular formula is C12H14FN3O. The summed E-state index contributed by atoms with van der Waals surface area (Å²) in [7, 11) is 0. The molecule has 0 aliphatic rings. The Morgan fingerprint density at radius 2 is 2.06 bits per heavy atom. The summed E-state index contributed by atoms with van der Waals surface area (Å²) < 4.78 is 14.8. The molecule has 1 unspecified atom stereocenters. The highest BCUT2D eigenvalue weighted by Gasteiger charge is 2.14. The fourth-order valence-electron chi connectivity index (χ4n) is 1.80. The third-order valence-electron chi connectivity index (χ3n) is 2.54. The van der Waals surface area contributed by atoms with Gasteiger partial charge in [0, 0.05) is 5.56 Å². The summed E-state index contributed by atoms with van der Waals surface area (Å²) in [6, 6.07) is 4.26. The molecular weight excluding hydrogens is 221 g/mol. The van der Waals surface area contributed by atoms with Crippen LogP contribution in [0.15, 0.2) is 18.2 Å².